The number of rotatable bonds is 45. The minimum Gasteiger partial charge on any atom is -0.456 e. The number of phosphoric ester groups is 1. The lowest BCUT2D eigenvalue weighted by atomic mass is 10.1. The first-order valence-corrected chi connectivity index (χ1v) is 27.4. The highest BCUT2D eigenvalue weighted by Gasteiger charge is 2.30. The molecule has 65 heavy (non-hydrogen) atoms. The van der Waals surface area contributed by atoms with Crippen LogP contribution in [0.2, 0.25) is 0 Å². The molecule has 0 aliphatic rings. The molecule has 9 nitrogen and oxygen atoms in total. The second-order valence-electron chi connectivity index (χ2n) is 18.3. The Kier molecular flexibility index (Phi) is 43.1. The van der Waals surface area contributed by atoms with E-state index >= 15 is 0 Å². The maximum absolute atomic E-state index is 13.4. The Hall–Kier alpha value is -2.81. The highest BCUT2D eigenvalue weighted by atomic mass is 31.2. The Morgan fingerprint density at radius 1 is 0.554 bits per heavy atom. The van der Waals surface area contributed by atoms with E-state index in [4.69, 9.17) is 13.8 Å². The quantitative estimate of drug-likeness (QED) is 0.0206. The topological polar surface area (TPSA) is 111 Å². The van der Waals surface area contributed by atoms with Crippen LogP contribution in [0.3, 0.4) is 0 Å². The van der Waals surface area contributed by atoms with Crippen LogP contribution in [0, 0.1) is 0 Å². The first kappa shape index (κ1) is 62.2. The molecule has 0 aromatic heterocycles. The van der Waals surface area contributed by atoms with E-state index in [1.807, 2.05) is 33.3 Å². The molecule has 0 radical (unpaired) electrons. The summed E-state index contributed by atoms with van der Waals surface area (Å²) in [4.78, 5) is 37.3. The van der Waals surface area contributed by atoms with Gasteiger partial charge in [0.05, 0.1) is 33.8 Å². The smallest absolute Gasteiger partial charge is 0.456 e. The number of phosphoric acid groups is 1. The van der Waals surface area contributed by atoms with E-state index in [2.05, 4.69) is 99.0 Å². The molecule has 374 valence electrons. The Morgan fingerprint density at radius 2 is 1.02 bits per heavy atom. The van der Waals surface area contributed by atoms with Crippen LogP contribution in [0.5, 0.6) is 0 Å². The summed E-state index contributed by atoms with van der Waals surface area (Å²) >= 11 is 0. The first-order valence-electron chi connectivity index (χ1n) is 25.9. The molecule has 2 N–H and O–H groups in total. The number of carbonyl (C=O) groups is 2. The van der Waals surface area contributed by atoms with E-state index in [1.165, 1.54) is 57.8 Å². The lowest BCUT2D eigenvalue weighted by molar-refractivity contribution is -0.870. The van der Waals surface area contributed by atoms with Crippen molar-refractivity contribution in [3.8, 4) is 0 Å². The summed E-state index contributed by atoms with van der Waals surface area (Å²) in [6, 6.07) is -0.876. The SMILES string of the molecule is CC/C=C\C/C=C\C/C=C\C/C=C\C/C=C\CCCC(=O)OC(/C=C\CCCCCCCCCCC)C(COP(=O)(O)OCC[N+](C)(C)C)NC(=O)CCCCCCC/C=C\CCCC. The molecule has 0 saturated heterocycles. The molecule has 0 bridgehead atoms. The highest BCUT2D eigenvalue weighted by Crippen LogP contribution is 2.43. The first-order chi connectivity index (χ1) is 31.4. The number of nitrogens with one attached hydrogen (secondary N) is 1. The fourth-order valence-electron chi connectivity index (χ4n) is 6.78. The minimum atomic E-state index is -4.45. The third kappa shape index (κ3) is 46.1. The molecule has 0 aliphatic heterocycles. The normalized spacial score (nSPS) is 14.6. The number of ether oxygens (including phenoxy) is 1. The number of hydrogen-bond donors (Lipinski definition) is 2. The van der Waals surface area contributed by atoms with Crippen LogP contribution in [-0.4, -0.2) is 74.3 Å². The van der Waals surface area contributed by atoms with Crippen molar-refractivity contribution in [3.63, 3.8) is 0 Å². The van der Waals surface area contributed by atoms with Crippen LogP contribution in [0.1, 0.15) is 201 Å². The Morgan fingerprint density at radius 3 is 1.57 bits per heavy atom. The van der Waals surface area contributed by atoms with Crippen molar-refractivity contribution in [1.82, 2.24) is 5.32 Å². The average Bonchev–Trinajstić information content (AvgIpc) is 3.26. The number of likely N-dealkylation sites (N-methyl/N-ethyl adjacent to an activating group) is 1. The fraction of sp³-hybridized carbons (Fsp3) is 0.709. The second-order valence-corrected chi connectivity index (χ2v) is 19.8. The zero-order valence-corrected chi connectivity index (χ0v) is 43.3. The van der Waals surface area contributed by atoms with Gasteiger partial charge in [-0.1, -0.05) is 183 Å². The van der Waals surface area contributed by atoms with Crippen molar-refractivity contribution in [2.45, 2.75) is 213 Å². The molecule has 0 saturated carbocycles. The lowest BCUT2D eigenvalue weighted by Gasteiger charge is -2.27. The van der Waals surface area contributed by atoms with Gasteiger partial charge < -0.3 is 19.4 Å². The number of quaternary nitrogens is 1. The molecule has 0 aliphatic carbocycles. The Labute approximate surface area is 399 Å². The van der Waals surface area contributed by atoms with Gasteiger partial charge in [0, 0.05) is 12.8 Å². The maximum Gasteiger partial charge on any atom is 0.472 e. The molecule has 0 spiro atoms. The van der Waals surface area contributed by atoms with Crippen LogP contribution in [-0.2, 0) is 27.9 Å². The molecule has 3 unspecified atom stereocenters. The Bertz CT molecular complexity index is 1390. The van der Waals surface area contributed by atoms with Gasteiger partial charge in [0.2, 0.25) is 5.91 Å². The third-order valence-corrected chi connectivity index (χ3v) is 11.8. The van der Waals surface area contributed by atoms with Crippen LogP contribution in [0.15, 0.2) is 85.1 Å². The van der Waals surface area contributed by atoms with Crippen molar-refractivity contribution in [1.29, 1.82) is 0 Å². The number of nitrogens with zero attached hydrogens (tertiary/aromatic N) is 1. The zero-order valence-electron chi connectivity index (χ0n) is 42.4. The molecule has 0 fully saturated rings. The molecule has 0 aromatic carbocycles. The average molecular weight is 930 g/mol. The van der Waals surface area contributed by atoms with Gasteiger partial charge in [-0.05, 0) is 89.5 Å². The summed E-state index contributed by atoms with van der Waals surface area (Å²) < 4.78 is 30.4. The second kappa shape index (κ2) is 45.0. The molecule has 0 aromatic rings. The van der Waals surface area contributed by atoms with Crippen LogP contribution >= 0.6 is 7.82 Å². The molecule has 0 heterocycles. The van der Waals surface area contributed by atoms with Crippen molar-refractivity contribution in [2.24, 2.45) is 0 Å². The number of amides is 1. The van der Waals surface area contributed by atoms with Crippen molar-refractivity contribution >= 4 is 19.7 Å². The molecule has 1 amide bonds. The van der Waals surface area contributed by atoms with Crippen molar-refractivity contribution in [2.75, 3.05) is 40.9 Å². The zero-order chi connectivity index (χ0) is 48.0. The van der Waals surface area contributed by atoms with Crippen LogP contribution in [0.4, 0.5) is 0 Å². The van der Waals surface area contributed by atoms with E-state index in [0.717, 1.165) is 103 Å². The van der Waals surface area contributed by atoms with Gasteiger partial charge in [0.15, 0.2) is 0 Å². The van der Waals surface area contributed by atoms with Gasteiger partial charge in [-0.2, -0.15) is 0 Å². The van der Waals surface area contributed by atoms with E-state index in [-0.39, 0.29) is 31.5 Å². The summed E-state index contributed by atoms with van der Waals surface area (Å²) in [5, 5.41) is 3.01. The number of esters is 1. The molecule has 0 rings (SSSR count). The molecular weight excluding hydrogens is 832 g/mol. The van der Waals surface area contributed by atoms with Gasteiger partial charge >= 0.3 is 13.8 Å². The van der Waals surface area contributed by atoms with E-state index in [9.17, 15) is 19.0 Å². The standard InChI is InChI=1S/C55H97N2O7P/c1-7-10-13-16-19-22-25-26-27-28-29-30-33-36-39-42-45-48-55(59)64-53(46-43-40-37-34-31-23-20-17-14-11-8-2)52(51-63-65(60,61)62-50-49-57(4,5)6)56-54(58)47-44-41-38-35-32-24-21-18-15-12-9-3/h10,13,18-19,21-22,26-27,29-30,36,39,43,46,52-53H,7-9,11-12,14-17,20,23-25,28,31-35,37-38,40-42,44-45,47-51H2,1-6H3,(H-,56,58,60,61)/p+1/b13-10-,21-18-,22-19-,27-26-,30-29-,39-36-,46-43-. The maximum atomic E-state index is 13.4. The van der Waals surface area contributed by atoms with Crippen LogP contribution in [0.25, 0.3) is 0 Å². The van der Waals surface area contributed by atoms with Gasteiger partial charge in [0.25, 0.3) is 0 Å². The number of hydrogen-bond acceptors (Lipinski definition) is 6. The van der Waals surface area contributed by atoms with E-state index in [1.54, 1.807) is 0 Å². The number of unbranched alkanes of at least 4 members (excludes halogenated alkanes) is 17. The summed E-state index contributed by atoms with van der Waals surface area (Å²) in [6.45, 7) is 6.77. The largest absolute Gasteiger partial charge is 0.472 e. The third-order valence-electron chi connectivity index (χ3n) is 10.8. The van der Waals surface area contributed by atoms with Crippen molar-refractivity contribution < 1.29 is 37.3 Å². The van der Waals surface area contributed by atoms with Gasteiger partial charge in [0.1, 0.15) is 19.3 Å². The number of allylic oxidation sites excluding steroid dienone is 13. The highest BCUT2D eigenvalue weighted by molar-refractivity contribution is 7.47. The van der Waals surface area contributed by atoms with E-state index < -0.39 is 20.0 Å². The van der Waals surface area contributed by atoms with Gasteiger partial charge in [-0.25, -0.2) is 4.57 Å². The molecule has 3 atom stereocenters. The fourth-order valence-corrected chi connectivity index (χ4v) is 7.51. The monoisotopic (exact) mass is 930 g/mol. The number of carbonyl (C=O) groups excluding carboxylic acids is 2. The predicted molar refractivity (Wildman–Crippen MR) is 277 cm³/mol. The Balaban J connectivity index is 5.51. The minimum absolute atomic E-state index is 0.0262. The summed E-state index contributed by atoms with van der Waals surface area (Å²) in [5.74, 6) is -0.594. The summed E-state index contributed by atoms with van der Waals surface area (Å²) in [7, 11) is 1.45. The molecular formula is C55H98N2O7P+. The van der Waals surface area contributed by atoms with Gasteiger partial charge in [-0.3, -0.25) is 18.6 Å². The van der Waals surface area contributed by atoms with Crippen molar-refractivity contribution in [3.05, 3.63) is 85.1 Å². The van der Waals surface area contributed by atoms with E-state index in [0.29, 0.717) is 23.9 Å². The lowest BCUT2D eigenvalue weighted by Crippen LogP contribution is -2.47. The summed E-state index contributed by atoms with van der Waals surface area (Å²) in [6.07, 6.45) is 57.3. The van der Waals surface area contributed by atoms with Crippen LogP contribution < -0.4 is 5.32 Å². The predicted octanol–water partition coefficient (Wildman–Crippen LogP) is 15.1. The molecule has 10 heteroatoms. The van der Waals surface area contributed by atoms with Gasteiger partial charge in [-0.15, -0.1) is 0 Å². The summed E-state index contributed by atoms with van der Waals surface area (Å²) in [5.41, 5.74) is 0.